The smallest absolute Gasteiger partial charge is 0.193 e. The third kappa shape index (κ3) is 6.41. The van der Waals surface area contributed by atoms with Crippen LogP contribution >= 0.6 is 35.7 Å². The summed E-state index contributed by atoms with van der Waals surface area (Å²) < 4.78 is 0.350. The second kappa shape index (κ2) is 8.71. The van der Waals surface area contributed by atoms with Crippen molar-refractivity contribution >= 4 is 41.7 Å². The summed E-state index contributed by atoms with van der Waals surface area (Å²) in [5.41, 5.74) is 0. The van der Waals surface area contributed by atoms with Crippen LogP contribution in [0.5, 0.6) is 0 Å². The van der Waals surface area contributed by atoms with Crippen LogP contribution in [-0.4, -0.2) is 47.5 Å². The molecule has 118 valence electrons. The van der Waals surface area contributed by atoms with Crippen LogP contribution < -0.4 is 5.32 Å². The molecule has 0 aromatic heterocycles. The van der Waals surface area contributed by atoms with Crippen LogP contribution in [0.4, 0.5) is 0 Å². The molecule has 0 spiro atoms. The van der Waals surface area contributed by atoms with Crippen molar-refractivity contribution in [1.82, 2.24) is 10.2 Å². The lowest BCUT2D eigenvalue weighted by Crippen LogP contribution is -2.51. The molecule has 0 aromatic carbocycles. The molecular weight excluding hydrogens is 381 g/mol. The van der Waals surface area contributed by atoms with Crippen molar-refractivity contribution in [3.63, 3.8) is 0 Å². The van der Waals surface area contributed by atoms with Crippen LogP contribution in [0.25, 0.3) is 0 Å². The highest BCUT2D eigenvalue weighted by Crippen LogP contribution is 2.33. The minimum atomic E-state index is 0. The molecule has 0 amide bonds. The zero-order valence-electron chi connectivity index (χ0n) is 13.2. The van der Waals surface area contributed by atoms with E-state index in [0.717, 1.165) is 38.1 Å². The molecule has 2 aliphatic rings. The summed E-state index contributed by atoms with van der Waals surface area (Å²) in [6.07, 6.45) is 5.55. The van der Waals surface area contributed by atoms with Gasteiger partial charge >= 0.3 is 0 Å². The maximum atomic E-state index is 4.82. The van der Waals surface area contributed by atoms with Crippen LogP contribution in [0.2, 0.25) is 0 Å². The molecule has 5 heteroatoms. The van der Waals surface area contributed by atoms with Crippen molar-refractivity contribution < 1.29 is 0 Å². The average molecular weight is 411 g/mol. The Hall–Kier alpha value is 0.350. The van der Waals surface area contributed by atoms with E-state index in [4.69, 9.17) is 4.99 Å². The summed E-state index contributed by atoms with van der Waals surface area (Å²) >= 11 is 2.08. The number of hydrogen-bond acceptors (Lipinski definition) is 2. The van der Waals surface area contributed by atoms with Gasteiger partial charge in [-0.25, -0.2) is 0 Å². The second-order valence-corrected chi connectivity index (χ2v) is 8.15. The minimum Gasteiger partial charge on any atom is -0.357 e. The van der Waals surface area contributed by atoms with E-state index >= 15 is 0 Å². The Bertz CT molecular complexity index is 316. The van der Waals surface area contributed by atoms with E-state index < -0.39 is 0 Å². The predicted octanol–water partition coefficient (Wildman–Crippen LogP) is 3.59. The van der Waals surface area contributed by atoms with Gasteiger partial charge in [-0.3, -0.25) is 4.99 Å². The average Bonchev–Trinajstić information content (AvgIpc) is 3.16. The van der Waals surface area contributed by atoms with Crippen molar-refractivity contribution in [2.24, 2.45) is 10.9 Å². The van der Waals surface area contributed by atoms with E-state index in [1.165, 1.54) is 31.4 Å². The van der Waals surface area contributed by atoms with E-state index in [-0.39, 0.29) is 24.0 Å². The second-order valence-electron chi connectivity index (χ2n) is 6.35. The zero-order chi connectivity index (χ0) is 13.7. The van der Waals surface area contributed by atoms with Crippen molar-refractivity contribution in [3.05, 3.63) is 0 Å². The molecule has 1 aliphatic heterocycles. The fourth-order valence-corrected chi connectivity index (χ4v) is 3.71. The normalized spacial score (nSPS) is 22.4. The molecule has 2 fully saturated rings. The first-order valence-corrected chi connectivity index (χ1v) is 8.76. The number of nitrogens with zero attached hydrogens (tertiary/aromatic N) is 2. The molecule has 1 N–H and O–H groups in total. The van der Waals surface area contributed by atoms with Gasteiger partial charge in [0.05, 0.1) is 0 Å². The Labute approximate surface area is 145 Å². The number of aliphatic imine (C=N–C) groups is 1. The van der Waals surface area contributed by atoms with E-state index in [0.29, 0.717) is 4.75 Å². The molecule has 1 heterocycles. The van der Waals surface area contributed by atoms with Crippen LogP contribution in [0.1, 0.15) is 46.5 Å². The molecule has 0 bridgehead atoms. The molecule has 3 nitrogen and oxygen atoms in total. The fourth-order valence-electron chi connectivity index (χ4n) is 2.59. The number of thioether (sulfide) groups is 1. The lowest BCUT2D eigenvalue weighted by molar-refractivity contribution is 0.375. The molecule has 2 rings (SSSR count). The largest absolute Gasteiger partial charge is 0.357 e. The van der Waals surface area contributed by atoms with Crippen molar-refractivity contribution in [3.8, 4) is 0 Å². The van der Waals surface area contributed by atoms with Gasteiger partial charge in [-0.1, -0.05) is 12.8 Å². The summed E-state index contributed by atoms with van der Waals surface area (Å²) in [7, 11) is 0. The third-order valence-electron chi connectivity index (χ3n) is 3.79. The van der Waals surface area contributed by atoms with Gasteiger partial charge in [0.15, 0.2) is 5.96 Å². The van der Waals surface area contributed by atoms with Gasteiger partial charge in [0.25, 0.3) is 0 Å². The molecule has 1 aliphatic carbocycles. The zero-order valence-corrected chi connectivity index (χ0v) is 16.3. The Balaban J connectivity index is 0.00000200. The van der Waals surface area contributed by atoms with Crippen LogP contribution in [0.15, 0.2) is 4.99 Å². The van der Waals surface area contributed by atoms with Crippen molar-refractivity contribution in [1.29, 1.82) is 0 Å². The van der Waals surface area contributed by atoms with Crippen molar-refractivity contribution in [2.45, 2.75) is 51.2 Å². The highest BCUT2D eigenvalue weighted by atomic mass is 127. The molecular formula is C15H30IN3S. The minimum absolute atomic E-state index is 0. The van der Waals surface area contributed by atoms with E-state index in [9.17, 15) is 0 Å². The van der Waals surface area contributed by atoms with Gasteiger partial charge in [0.1, 0.15) is 0 Å². The highest BCUT2D eigenvalue weighted by Gasteiger charge is 2.28. The Kier molecular flexibility index (Phi) is 8.01. The highest BCUT2D eigenvalue weighted by molar-refractivity contribution is 14.0. The lowest BCUT2D eigenvalue weighted by Gasteiger charge is -2.39. The first-order valence-electron chi connectivity index (χ1n) is 7.78. The number of halogens is 1. The number of rotatable bonds is 5. The summed E-state index contributed by atoms with van der Waals surface area (Å²) in [4.78, 5) is 7.27. The van der Waals surface area contributed by atoms with Crippen LogP contribution in [0, 0.1) is 5.92 Å². The van der Waals surface area contributed by atoms with Gasteiger partial charge in [-0.2, -0.15) is 11.8 Å². The fraction of sp³-hybridized carbons (Fsp3) is 0.933. The van der Waals surface area contributed by atoms with E-state index in [1.807, 2.05) is 0 Å². The standard InChI is InChI=1S/C15H29N3S.HI/c1-4-16-14(17-9-5-6-13-7-8-13)18-10-11-19-15(2,3)12-18;/h13H,4-12H2,1-3H3,(H,16,17);1H. The molecule has 1 saturated heterocycles. The SMILES string of the molecule is CCNC(=NCCCC1CC1)N1CCSC(C)(C)C1.I. The molecule has 0 unspecified atom stereocenters. The van der Waals surface area contributed by atoms with Gasteiger partial charge < -0.3 is 10.2 Å². The first kappa shape index (κ1) is 18.4. The maximum Gasteiger partial charge on any atom is 0.193 e. The van der Waals surface area contributed by atoms with Gasteiger partial charge in [0, 0.05) is 36.7 Å². The first-order chi connectivity index (χ1) is 9.11. The number of hydrogen-bond donors (Lipinski definition) is 1. The molecule has 20 heavy (non-hydrogen) atoms. The summed E-state index contributed by atoms with van der Waals surface area (Å²) in [5, 5.41) is 3.46. The quantitative estimate of drug-likeness (QED) is 0.324. The summed E-state index contributed by atoms with van der Waals surface area (Å²) in [6.45, 7) is 11.0. The molecule has 0 atom stereocenters. The van der Waals surface area contributed by atoms with Crippen LogP contribution in [-0.2, 0) is 0 Å². The number of nitrogens with one attached hydrogen (secondary N) is 1. The van der Waals surface area contributed by atoms with E-state index in [2.05, 4.69) is 42.7 Å². The van der Waals surface area contributed by atoms with Gasteiger partial charge in [-0.15, -0.1) is 24.0 Å². The third-order valence-corrected chi connectivity index (χ3v) is 5.09. The monoisotopic (exact) mass is 411 g/mol. The Morgan fingerprint density at radius 2 is 2.15 bits per heavy atom. The Morgan fingerprint density at radius 3 is 2.75 bits per heavy atom. The summed E-state index contributed by atoms with van der Waals surface area (Å²) in [6, 6.07) is 0. The lowest BCUT2D eigenvalue weighted by atomic mass is 10.2. The van der Waals surface area contributed by atoms with E-state index in [1.54, 1.807) is 0 Å². The maximum absolute atomic E-state index is 4.82. The molecule has 0 radical (unpaired) electrons. The van der Waals surface area contributed by atoms with Gasteiger partial charge in [0.2, 0.25) is 0 Å². The summed E-state index contributed by atoms with van der Waals surface area (Å²) in [5.74, 6) is 3.37. The molecule has 1 saturated carbocycles. The van der Waals surface area contributed by atoms with Crippen molar-refractivity contribution in [2.75, 3.05) is 31.9 Å². The topological polar surface area (TPSA) is 27.6 Å². The van der Waals surface area contributed by atoms with Gasteiger partial charge in [-0.05, 0) is 39.5 Å². The Morgan fingerprint density at radius 1 is 1.40 bits per heavy atom. The van der Waals surface area contributed by atoms with Crippen LogP contribution in [0.3, 0.4) is 0 Å². The predicted molar refractivity (Wildman–Crippen MR) is 101 cm³/mol. The number of guanidine groups is 1. The molecule has 0 aromatic rings.